The van der Waals surface area contributed by atoms with E-state index in [1.807, 2.05) is 0 Å². The van der Waals surface area contributed by atoms with E-state index in [1.165, 1.54) is 12.1 Å². The monoisotopic (exact) mass is 238 g/mol. The molecule has 1 aromatic carbocycles. The first-order valence-corrected chi connectivity index (χ1v) is 6.20. The lowest BCUT2D eigenvalue weighted by Crippen LogP contribution is -2.17. The normalized spacial score (nSPS) is 19.9. The van der Waals surface area contributed by atoms with Crippen LogP contribution >= 0.6 is 0 Å². The lowest BCUT2D eigenvalue weighted by molar-refractivity contribution is 0.0674. The van der Waals surface area contributed by atoms with E-state index in [0.717, 1.165) is 25.0 Å². The van der Waals surface area contributed by atoms with E-state index in [0.29, 0.717) is 18.3 Å². The van der Waals surface area contributed by atoms with Crippen LogP contribution in [0, 0.1) is 5.82 Å². The van der Waals surface area contributed by atoms with E-state index in [1.54, 1.807) is 6.07 Å². The van der Waals surface area contributed by atoms with Crippen LogP contribution in [0.1, 0.15) is 38.2 Å². The first-order chi connectivity index (χ1) is 8.16. The second-order valence-electron chi connectivity index (χ2n) is 4.78. The Bertz CT molecular complexity index is 370. The average molecular weight is 238 g/mol. The molecule has 1 aliphatic rings. The van der Waals surface area contributed by atoms with Crippen molar-refractivity contribution in [3.63, 3.8) is 0 Å². The van der Waals surface area contributed by atoms with Crippen LogP contribution in [0.3, 0.4) is 0 Å². The summed E-state index contributed by atoms with van der Waals surface area (Å²) in [6, 6.07) is 4.74. The fourth-order valence-corrected chi connectivity index (χ4v) is 2.07. The van der Waals surface area contributed by atoms with Crippen LogP contribution in [0.5, 0.6) is 5.75 Å². The minimum absolute atomic E-state index is 0.165. The standard InChI is InChI=1S/C14H19FO2/c1-10(2)13-6-5-11(15)8-14(13)17-9-12-4-3-7-16-12/h5-6,8,10,12H,3-4,7,9H2,1-2H3. The Morgan fingerprint density at radius 3 is 2.94 bits per heavy atom. The summed E-state index contributed by atoms with van der Waals surface area (Å²) in [5, 5.41) is 0. The van der Waals surface area contributed by atoms with Crippen LogP contribution in [0.25, 0.3) is 0 Å². The van der Waals surface area contributed by atoms with E-state index in [2.05, 4.69) is 13.8 Å². The maximum Gasteiger partial charge on any atom is 0.126 e. The molecule has 0 N–H and O–H groups in total. The van der Waals surface area contributed by atoms with E-state index < -0.39 is 0 Å². The van der Waals surface area contributed by atoms with E-state index in [-0.39, 0.29) is 11.9 Å². The number of hydrogen-bond acceptors (Lipinski definition) is 2. The molecule has 0 radical (unpaired) electrons. The Kier molecular flexibility index (Phi) is 4.00. The summed E-state index contributed by atoms with van der Waals surface area (Å²) in [7, 11) is 0. The molecule has 0 aromatic heterocycles. The van der Waals surface area contributed by atoms with Crippen molar-refractivity contribution in [2.45, 2.75) is 38.7 Å². The predicted octanol–water partition coefficient (Wildman–Crippen LogP) is 3.51. The highest BCUT2D eigenvalue weighted by Gasteiger charge is 2.17. The molecule has 1 heterocycles. The van der Waals surface area contributed by atoms with Crippen molar-refractivity contribution in [1.82, 2.24) is 0 Å². The number of rotatable bonds is 4. The molecule has 2 rings (SSSR count). The largest absolute Gasteiger partial charge is 0.490 e. The van der Waals surface area contributed by atoms with Gasteiger partial charge in [-0.1, -0.05) is 19.9 Å². The highest BCUT2D eigenvalue weighted by Crippen LogP contribution is 2.27. The van der Waals surface area contributed by atoms with Crippen LogP contribution in [0.4, 0.5) is 4.39 Å². The van der Waals surface area contributed by atoms with Crippen LogP contribution in [-0.4, -0.2) is 19.3 Å². The Morgan fingerprint density at radius 2 is 2.29 bits per heavy atom. The fourth-order valence-electron chi connectivity index (χ4n) is 2.07. The van der Waals surface area contributed by atoms with Crippen LogP contribution in [0.2, 0.25) is 0 Å². The molecule has 1 saturated heterocycles. The smallest absolute Gasteiger partial charge is 0.126 e. The van der Waals surface area contributed by atoms with Gasteiger partial charge in [-0.25, -0.2) is 4.39 Å². The van der Waals surface area contributed by atoms with Crippen molar-refractivity contribution in [1.29, 1.82) is 0 Å². The molecule has 1 aliphatic heterocycles. The third-order valence-corrected chi connectivity index (χ3v) is 3.05. The van der Waals surface area contributed by atoms with Gasteiger partial charge in [-0.3, -0.25) is 0 Å². The van der Waals surface area contributed by atoms with Gasteiger partial charge < -0.3 is 9.47 Å². The summed E-state index contributed by atoms with van der Waals surface area (Å²) >= 11 is 0. The number of halogens is 1. The molecule has 0 saturated carbocycles. The van der Waals surface area contributed by atoms with Gasteiger partial charge in [-0.15, -0.1) is 0 Å². The predicted molar refractivity (Wildman–Crippen MR) is 65.0 cm³/mol. The molecule has 94 valence electrons. The zero-order chi connectivity index (χ0) is 12.3. The molecule has 1 atom stereocenters. The summed E-state index contributed by atoms with van der Waals surface area (Å²) in [5.74, 6) is 0.724. The zero-order valence-electron chi connectivity index (χ0n) is 10.4. The number of hydrogen-bond donors (Lipinski definition) is 0. The molecule has 2 nitrogen and oxygen atoms in total. The van der Waals surface area contributed by atoms with E-state index >= 15 is 0 Å². The molecular formula is C14H19FO2. The van der Waals surface area contributed by atoms with Gasteiger partial charge in [0.15, 0.2) is 0 Å². The second-order valence-corrected chi connectivity index (χ2v) is 4.78. The molecule has 0 amide bonds. The second kappa shape index (κ2) is 5.50. The molecule has 1 unspecified atom stereocenters. The topological polar surface area (TPSA) is 18.5 Å². The van der Waals surface area contributed by atoms with Crippen molar-refractivity contribution in [3.8, 4) is 5.75 Å². The van der Waals surface area contributed by atoms with Crippen LogP contribution in [0.15, 0.2) is 18.2 Å². The molecule has 1 fully saturated rings. The first-order valence-electron chi connectivity index (χ1n) is 6.20. The lowest BCUT2D eigenvalue weighted by Gasteiger charge is -2.16. The Hall–Kier alpha value is -1.09. The quantitative estimate of drug-likeness (QED) is 0.799. The molecule has 0 aliphatic carbocycles. The molecule has 3 heteroatoms. The third-order valence-electron chi connectivity index (χ3n) is 3.05. The molecule has 0 spiro atoms. The van der Waals surface area contributed by atoms with Crippen molar-refractivity contribution in [2.24, 2.45) is 0 Å². The Labute approximate surface area is 102 Å². The van der Waals surface area contributed by atoms with Gasteiger partial charge in [0.05, 0.1) is 6.10 Å². The summed E-state index contributed by atoms with van der Waals surface area (Å²) in [6.45, 7) is 5.48. The van der Waals surface area contributed by atoms with Crippen molar-refractivity contribution in [2.75, 3.05) is 13.2 Å². The van der Waals surface area contributed by atoms with Gasteiger partial charge in [-0.2, -0.15) is 0 Å². The van der Waals surface area contributed by atoms with Gasteiger partial charge in [-0.05, 0) is 30.4 Å². The van der Waals surface area contributed by atoms with Crippen LogP contribution < -0.4 is 4.74 Å². The van der Waals surface area contributed by atoms with Crippen molar-refractivity contribution < 1.29 is 13.9 Å². The van der Waals surface area contributed by atoms with Gasteiger partial charge in [0.2, 0.25) is 0 Å². The van der Waals surface area contributed by atoms with Gasteiger partial charge in [0.1, 0.15) is 18.2 Å². The van der Waals surface area contributed by atoms with Crippen molar-refractivity contribution >= 4 is 0 Å². The molecule has 17 heavy (non-hydrogen) atoms. The van der Waals surface area contributed by atoms with Crippen molar-refractivity contribution in [3.05, 3.63) is 29.6 Å². The SMILES string of the molecule is CC(C)c1ccc(F)cc1OCC1CCCO1. The minimum atomic E-state index is -0.253. The first kappa shape index (κ1) is 12.4. The van der Waals surface area contributed by atoms with E-state index in [4.69, 9.17) is 9.47 Å². The minimum Gasteiger partial charge on any atom is -0.490 e. The van der Waals surface area contributed by atoms with E-state index in [9.17, 15) is 4.39 Å². The number of ether oxygens (including phenoxy) is 2. The summed E-state index contributed by atoms with van der Waals surface area (Å²) in [6.07, 6.45) is 2.29. The Balaban J connectivity index is 2.04. The zero-order valence-corrected chi connectivity index (χ0v) is 10.4. The summed E-state index contributed by atoms with van der Waals surface area (Å²) in [4.78, 5) is 0. The molecular weight excluding hydrogens is 219 g/mol. The fraction of sp³-hybridized carbons (Fsp3) is 0.571. The van der Waals surface area contributed by atoms with Gasteiger partial charge in [0, 0.05) is 12.7 Å². The average Bonchev–Trinajstić information content (AvgIpc) is 2.78. The number of benzene rings is 1. The molecule has 1 aromatic rings. The van der Waals surface area contributed by atoms with Gasteiger partial charge >= 0.3 is 0 Å². The molecule has 0 bridgehead atoms. The highest BCUT2D eigenvalue weighted by molar-refractivity contribution is 5.36. The third kappa shape index (κ3) is 3.19. The highest BCUT2D eigenvalue weighted by atomic mass is 19.1. The summed E-state index contributed by atoms with van der Waals surface area (Å²) in [5.41, 5.74) is 1.05. The Morgan fingerprint density at radius 1 is 1.47 bits per heavy atom. The maximum atomic E-state index is 13.2. The lowest BCUT2D eigenvalue weighted by atomic mass is 10.0. The summed E-state index contributed by atoms with van der Waals surface area (Å²) < 4.78 is 24.4. The maximum absolute atomic E-state index is 13.2. The van der Waals surface area contributed by atoms with Gasteiger partial charge in [0.25, 0.3) is 0 Å². The van der Waals surface area contributed by atoms with Crippen LogP contribution in [-0.2, 0) is 4.74 Å².